The molecule has 1 aliphatic heterocycles. The van der Waals surface area contributed by atoms with Gasteiger partial charge in [0.25, 0.3) is 0 Å². The summed E-state index contributed by atoms with van der Waals surface area (Å²) in [5, 5.41) is 3.22. The molecule has 0 atom stereocenters. The lowest BCUT2D eigenvalue weighted by atomic mass is 9.89. The number of amides is 1. The fourth-order valence-corrected chi connectivity index (χ4v) is 4.84. The number of nitrogens with one attached hydrogen (secondary N) is 1. The average Bonchev–Trinajstić information content (AvgIpc) is 2.85. The Morgan fingerprint density at radius 3 is 1.94 bits per heavy atom. The summed E-state index contributed by atoms with van der Waals surface area (Å²) in [6.07, 6.45) is 3.43. The molecule has 0 aliphatic carbocycles. The van der Waals surface area contributed by atoms with Crippen molar-refractivity contribution in [3.8, 4) is 0 Å². The molecule has 1 amide bonds. The summed E-state index contributed by atoms with van der Waals surface area (Å²) >= 11 is 0. The van der Waals surface area contributed by atoms with Crippen LogP contribution in [0.4, 0.5) is 0 Å². The van der Waals surface area contributed by atoms with Gasteiger partial charge in [0, 0.05) is 6.54 Å². The summed E-state index contributed by atoms with van der Waals surface area (Å²) in [6.45, 7) is 8.19. The minimum Gasteiger partial charge on any atom is -0.355 e. The maximum atomic E-state index is 13.2. The van der Waals surface area contributed by atoms with Crippen molar-refractivity contribution in [2.24, 2.45) is 0 Å². The molecule has 0 bridgehead atoms. The predicted octanol–water partition coefficient (Wildman–Crippen LogP) is 5.82. The highest BCUT2D eigenvalue weighted by atomic mass is 16.1. The average molecular weight is 441 g/mol. The van der Waals surface area contributed by atoms with E-state index in [1.54, 1.807) is 0 Å². The van der Waals surface area contributed by atoms with Crippen LogP contribution in [0.5, 0.6) is 0 Å². The van der Waals surface area contributed by atoms with Crippen LogP contribution in [0.1, 0.15) is 58.9 Å². The number of likely N-dealkylation sites (tertiary alicyclic amines) is 1. The molecule has 172 valence electrons. The first kappa shape index (κ1) is 23.3. The summed E-state index contributed by atoms with van der Waals surface area (Å²) in [7, 11) is 0. The van der Waals surface area contributed by atoms with Gasteiger partial charge in [0.2, 0.25) is 5.91 Å². The molecule has 1 saturated heterocycles. The van der Waals surface area contributed by atoms with Crippen LogP contribution in [0.15, 0.2) is 78.9 Å². The summed E-state index contributed by atoms with van der Waals surface area (Å²) < 4.78 is 0. The molecule has 0 aromatic heterocycles. The molecule has 0 unspecified atom stereocenters. The summed E-state index contributed by atoms with van der Waals surface area (Å²) in [5.74, 6) is 0.505. The molecule has 1 N–H and O–H groups in total. The van der Waals surface area contributed by atoms with Gasteiger partial charge in [0.05, 0.1) is 5.92 Å². The fourth-order valence-electron chi connectivity index (χ4n) is 4.84. The second-order valence-electron chi connectivity index (χ2n) is 9.43. The molecular formula is C30H36N2O. The molecule has 1 heterocycles. The molecule has 3 aromatic rings. The lowest BCUT2D eigenvalue weighted by Crippen LogP contribution is -2.36. The van der Waals surface area contributed by atoms with Gasteiger partial charge in [-0.1, -0.05) is 90.0 Å². The van der Waals surface area contributed by atoms with Gasteiger partial charge in [-0.3, -0.25) is 4.79 Å². The van der Waals surface area contributed by atoms with Crippen LogP contribution in [0.2, 0.25) is 0 Å². The highest BCUT2D eigenvalue weighted by Crippen LogP contribution is 2.28. The maximum Gasteiger partial charge on any atom is 0.232 e. The summed E-state index contributed by atoms with van der Waals surface area (Å²) in [6, 6.07) is 27.6. The van der Waals surface area contributed by atoms with Crippen molar-refractivity contribution in [1.82, 2.24) is 10.2 Å². The minimum atomic E-state index is -0.271. The standard InChI is InChI=1S/C30H36N2O/c1-23-9-13-27(14-10-23)29(28-15-11-24(2)12-16-28)30(33)31-19-6-20-32-21-17-26(18-22-32)25-7-4-3-5-8-25/h3-5,7-16,26,29H,6,17-22H2,1-2H3,(H,31,33). The van der Waals surface area contributed by atoms with Crippen LogP contribution >= 0.6 is 0 Å². The quantitative estimate of drug-likeness (QED) is 0.448. The molecule has 0 radical (unpaired) electrons. The SMILES string of the molecule is Cc1ccc(C(C(=O)NCCCN2CCC(c3ccccc3)CC2)c2ccc(C)cc2)cc1. The van der Waals surface area contributed by atoms with Crippen molar-refractivity contribution >= 4 is 5.91 Å². The number of piperidine rings is 1. The van der Waals surface area contributed by atoms with E-state index < -0.39 is 0 Å². The minimum absolute atomic E-state index is 0.0884. The van der Waals surface area contributed by atoms with Gasteiger partial charge < -0.3 is 10.2 Å². The van der Waals surface area contributed by atoms with Crippen molar-refractivity contribution in [1.29, 1.82) is 0 Å². The molecular weight excluding hydrogens is 404 g/mol. The van der Waals surface area contributed by atoms with Gasteiger partial charge in [-0.2, -0.15) is 0 Å². The number of aryl methyl sites for hydroxylation is 2. The highest BCUT2D eigenvalue weighted by molar-refractivity contribution is 5.87. The summed E-state index contributed by atoms with van der Waals surface area (Å²) in [5.41, 5.74) is 5.98. The molecule has 0 spiro atoms. The first-order valence-electron chi connectivity index (χ1n) is 12.3. The highest BCUT2D eigenvalue weighted by Gasteiger charge is 2.23. The maximum absolute atomic E-state index is 13.2. The molecule has 1 fully saturated rings. The van der Waals surface area contributed by atoms with Gasteiger partial charge in [0.15, 0.2) is 0 Å². The first-order chi connectivity index (χ1) is 16.1. The monoisotopic (exact) mass is 440 g/mol. The molecule has 0 saturated carbocycles. The topological polar surface area (TPSA) is 32.3 Å². The van der Waals surface area contributed by atoms with E-state index in [9.17, 15) is 4.79 Å². The Morgan fingerprint density at radius 2 is 1.39 bits per heavy atom. The van der Waals surface area contributed by atoms with E-state index in [2.05, 4.69) is 103 Å². The van der Waals surface area contributed by atoms with E-state index in [0.29, 0.717) is 12.5 Å². The fraction of sp³-hybridized carbons (Fsp3) is 0.367. The number of nitrogens with zero attached hydrogens (tertiary/aromatic N) is 1. The van der Waals surface area contributed by atoms with Crippen LogP contribution in [-0.2, 0) is 4.79 Å². The number of hydrogen-bond acceptors (Lipinski definition) is 2. The lowest BCUT2D eigenvalue weighted by Gasteiger charge is -2.32. The Morgan fingerprint density at radius 1 is 0.848 bits per heavy atom. The number of benzene rings is 3. The Bertz CT molecular complexity index is 958. The van der Waals surface area contributed by atoms with E-state index in [1.165, 1.54) is 29.5 Å². The second-order valence-corrected chi connectivity index (χ2v) is 9.43. The van der Waals surface area contributed by atoms with Crippen LogP contribution in [0.25, 0.3) is 0 Å². The lowest BCUT2D eigenvalue weighted by molar-refractivity contribution is -0.121. The zero-order valence-corrected chi connectivity index (χ0v) is 20.0. The third-order valence-electron chi connectivity index (χ3n) is 6.89. The largest absolute Gasteiger partial charge is 0.355 e. The van der Waals surface area contributed by atoms with Crippen molar-refractivity contribution in [3.63, 3.8) is 0 Å². The van der Waals surface area contributed by atoms with Crippen LogP contribution in [0.3, 0.4) is 0 Å². The van der Waals surface area contributed by atoms with Gasteiger partial charge in [-0.05, 0) is 75.4 Å². The molecule has 3 aromatic carbocycles. The van der Waals surface area contributed by atoms with Gasteiger partial charge >= 0.3 is 0 Å². The third-order valence-corrected chi connectivity index (χ3v) is 6.89. The Labute approximate surface area is 198 Å². The molecule has 4 rings (SSSR count). The van der Waals surface area contributed by atoms with Crippen LogP contribution < -0.4 is 5.32 Å². The molecule has 3 nitrogen and oxygen atoms in total. The van der Waals surface area contributed by atoms with Crippen molar-refractivity contribution in [2.45, 2.75) is 44.9 Å². The molecule has 3 heteroatoms. The third kappa shape index (κ3) is 6.33. The normalized spacial score (nSPS) is 15.0. The summed E-state index contributed by atoms with van der Waals surface area (Å²) in [4.78, 5) is 15.8. The smallest absolute Gasteiger partial charge is 0.232 e. The number of rotatable bonds is 8. The molecule has 33 heavy (non-hydrogen) atoms. The van der Waals surface area contributed by atoms with Gasteiger partial charge in [-0.15, -0.1) is 0 Å². The second kappa shape index (κ2) is 11.3. The van der Waals surface area contributed by atoms with Crippen molar-refractivity contribution < 1.29 is 4.79 Å². The Hall–Kier alpha value is -2.91. The van der Waals surface area contributed by atoms with Crippen molar-refractivity contribution in [2.75, 3.05) is 26.2 Å². The van der Waals surface area contributed by atoms with E-state index >= 15 is 0 Å². The van der Waals surface area contributed by atoms with Gasteiger partial charge in [0.1, 0.15) is 0 Å². The zero-order valence-electron chi connectivity index (χ0n) is 20.0. The molecule has 1 aliphatic rings. The van der Waals surface area contributed by atoms with Crippen LogP contribution in [0, 0.1) is 13.8 Å². The van der Waals surface area contributed by atoms with Crippen molar-refractivity contribution in [3.05, 3.63) is 107 Å². The first-order valence-corrected chi connectivity index (χ1v) is 12.3. The number of hydrogen-bond donors (Lipinski definition) is 1. The van der Waals surface area contributed by atoms with Gasteiger partial charge in [-0.25, -0.2) is 0 Å². The number of carbonyl (C=O) groups is 1. The van der Waals surface area contributed by atoms with E-state index in [-0.39, 0.29) is 11.8 Å². The van der Waals surface area contributed by atoms with Crippen LogP contribution in [-0.4, -0.2) is 37.0 Å². The van der Waals surface area contributed by atoms with E-state index in [0.717, 1.165) is 37.2 Å². The Kier molecular flexibility index (Phi) is 7.96. The zero-order chi connectivity index (χ0) is 23.0. The Balaban J connectivity index is 1.28. The predicted molar refractivity (Wildman–Crippen MR) is 137 cm³/mol. The number of carbonyl (C=O) groups excluding carboxylic acids is 1. The van der Waals surface area contributed by atoms with E-state index in [4.69, 9.17) is 0 Å². The van der Waals surface area contributed by atoms with E-state index in [1.807, 2.05) is 0 Å².